The van der Waals surface area contributed by atoms with Gasteiger partial charge in [0.05, 0.1) is 0 Å². The van der Waals surface area contributed by atoms with Crippen molar-refractivity contribution in [3.63, 3.8) is 0 Å². The van der Waals surface area contributed by atoms with Crippen LogP contribution >= 0.6 is 11.8 Å². The van der Waals surface area contributed by atoms with E-state index in [0.717, 1.165) is 11.8 Å². The zero-order valence-corrected chi connectivity index (χ0v) is 10.3. The maximum Gasteiger partial charge on any atom is 0.317 e. The Balaban J connectivity index is 3.06. The Morgan fingerprint density at radius 3 is 2.65 bits per heavy atom. The van der Waals surface area contributed by atoms with Crippen LogP contribution < -0.4 is 0 Å². The number of thioether (sulfide) groups is 1. The largest absolute Gasteiger partial charge is 0.480 e. The van der Waals surface area contributed by atoms with E-state index in [4.69, 9.17) is 10.4 Å². The van der Waals surface area contributed by atoms with Crippen LogP contribution in [0.1, 0.15) is 19.4 Å². The van der Waals surface area contributed by atoms with Crippen LogP contribution in [-0.2, 0) is 4.79 Å². The Morgan fingerprint density at radius 1 is 1.53 bits per heavy atom. The van der Waals surface area contributed by atoms with Crippen molar-refractivity contribution in [1.82, 2.24) is 0 Å². The zero-order valence-electron chi connectivity index (χ0n) is 9.48. The van der Waals surface area contributed by atoms with Gasteiger partial charge in [-0.25, -0.2) is 4.39 Å². The standard InChI is InChI=1S/C12H12FNO2S/c1-7(2)11(12(15)16)17-10-5-3-4-9(13)8(10)6-14/h3-5,7,11H,1-2H3,(H,15,16). The first-order chi connectivity index (χ1) is 7.97. The number of carboxylic acids is 1. The normalized spacial score (nSPS) is 12.2. The molecule has 0 aliphatic rings. The molecular formula is C12H12FNO2S. The summed E-state index contributed by atoms with van der Waals surface area (Å²) in [6.07, 6.45) is 0. The lowest BCUT2D eigenvalue weighted by Crippen LogP contribution is -2.22. The van der Waals surface area contributed by atoms with Crippen molar-refractivity contribution in [2.24, 2.45) is 5.92 Å². The Bertz CT molecular complexity index is 468. The molecule has 1 unspecified atom stereocenters. The molecule has 0 heterocycles. The van der Waals surface area contributed by atoms with E-state index in [9.17, 15) is 9.18 Å². The Labute approximate surface area is 103 Å². The van der Waals surface area contributed by atoms with Crippen LogP contribution in [0.5, 0.6) is 0 Å². The summed E-state index contributed by atoms with van der Waals surface area (Å²) in [7, 11) is 0. The molecule has 0 radical (unpaired) electrons. The molecule has 1 aromatic carbocycles. The second-order valence-electron chi connectivity index (χ2n) is 3.85. The molecule has 1 N–H and O–H groups in total. The first-order valence-corrected chi connectivity index (χ1v) is 5.93. The fraction of sp³-hybridized carbons (Fsp3) is 0.333. The van der Waals surface area contributed by atoms with Crippen molar-refractivity contribution < 1.29 is 14.3 Å². The average molecular weight is 253 g/mol. The molecule has 0 spiro atoms. The second kappa shape index (κ2) is 5.69. The zero-order chi connectivity index (χ0) is 13.0. The molecule has 17 heavy (non-hydrogen) atoms. The third-order valence-corrected chi connectivity index (χ3v) is 3.78. The first kappa shape index (κ1) is 13.5. The summed E-state index contributed by atoms with van der Waals surface area (Å²) in [4.78, 5) is 11.4. The summed E-state index contributed by atoms with van der Waals surface area (Å²) in [5.74, 6) is -1.68. The Morgan fingerprint density at radius 2 is 2.18 bits per heavy atom. The summed E-state index contributed by atoms with van der Waals surface area (Å²) >= 11 is 1.01. The summed E-state index contributed by atoms with van der Waals surface area (Å²) in [6.45, 7) is 3.55. The van der Waals surface area contributed by atoms with Crippen molar-refractivity contribution in [2.45, 2.75) is 24.0 Å². The summed E-state index contributed by atoms with van der Waals surface area (Å²) < 4.78 is 13.3. The van der Waals surface area contributed by atoms with E-state index in [1.807, 2.05) is 0 Å². The summed E-state index contributed by atoms with van der Waals surface area (Å²) in [6, 6.07) is 5.98. The molecule has 0 fully saturated rings. The first-order valence-electron chi connectivity index (χ1n) is 5.05. The van der Waals surface area contributed by atoms with Gasteiger partial charge in [0.15, 0.2) is 0 Å². The average Bonchev–Trinajstić information content (AvgIpc) is 2.25. The number of rotatable bonds is 4. The molecule has 1 rings (SSSR count). The van der Waals surface area contributed by atoms with Crippen molar-refractivity contribution in [3.05, 3.63) is 29.6 Å². The number of carboxylic acid groups (broad SMARTS) is 1. The second-order valence-corrected chi connectivity index (χ2v) is 5.03. The number of nitrogens with zero attached hydrogens (tertiary/aromatic N) is 1. The molecule has 0 aliphatic carbocycles. The van der Waals surface area contributed by atoms with Gasteiger partial charge >= 0.3 is 5.97 Å². The van der Waals surface area contributed by atoms with Gasteiger partial charge in [0.1, 0.15) is 22.7 Å². The predicted octanol–water partition coefficient (Wildman–Crippen LogP) is 2.90. The van der Waals surface area contributed by atoms with Gasteiger partial charge in [0, 0.05) is 4.90 Å². The van der Waals surface area contributed by atoms with E-state index < -0.39 is 17.0 Å². The van der Waals surface area contributed by atoms with Crippen molar-refractivity contribution >= 4 is 17.7 Å². The van der Waals surface area contributed by atoms with Crippen molar-refractivity contribution in [1.29, 1.82) is 5.26 Å². The number of hydrogen-bond donors (Lipinski definition) is 1. The van der Waals surface area contributed by atoms with Gasteiger partial charge < -0.3 is 5.11 Å². The molecule has 0 saturated carbocycles. The van der Waals surface area contributed by atoms with E-state index in [1.165, 1.54) is 12.1 Å². The topological polar surface area (TPSA) is 61.1 Å². The SMILES string of the molecule is CC(C)C(Sc1cccc(F)c1C#N)C(=O)O. The van der Waals surface area contributed by atoms with E-state index in [1.54, 1.807) is 26.0 Å². The maximum absolute atomic E-state index is 13.3. The molecule has 0 aliphatic heterocycles. The number of benzene rings is 1. The van der Waals surface area contributed by atoms with Crippen LogP contribution in [0.3, 0.4) is 0 Å². The third kappa shape index (κ3) is 3.21. The van der Waals surface area contributed by atoms with Gasteiger partial charge in [-0.3, -0.25) is 4.79 Å². The van der Waals surface area contributed by atoms with Crippen LogP contribution in [0.25, 0.3) is 0 Å². The highest BCUT2D eigenvalue weighted by Crippen LogP contribution is 2.31. The van der Waals surface area contributed by atoms with Gasteiger partial charge in [-0.1, -0.05) is 19.9 Å². The lowest BCUT2D eigenvalue weighted by Gasteiger charge is -2.16. The smallest absolute Gasteiger partial charge is 0.317 e. The van der Waals surface area contributed by atoms with Crippen LogP contribution in [0, 0.1) is 23.1 Å². The molecule has 0 bridgehead atoms. The predicted molar refractivity (Wildman–Crippen MR) is 63.2 cm³/mol. The lowest BCUT2D eigenvalue weighted by molar-refractivity contribution is -0.137. The summed E-state index contributed by atoms with van der Waals surface area (Å²) in [5.41, 5.74) is -0.0931. The highest BCUT2D eigenvalue weighted by molar-refractivity contribution is 8.00. The molecule has 1 atom stereocenters. The van der Waals surface area contributed by atoms with E-state index >= 15 is 0 Å². The fourth-order valence-electron chi connectivity index (χ4n) is 1.32. The number of aliphatic carboxylic acids is 1. The van der Waals surface area contributed by atoms with E-state index in [2.05, 4.69) is 0 Å². The molecule has 0 amide bonds. The molecule has 0 aromatic heterocycles. The third-order valence-electron chi connectivity index (χ3n) is 2.19. The molecule has 90 valence electrons. The van der Waals surface area contributed by atoms with Crippen LogP contribution in [0.4, 0.5) is 4.39 Å². The lowest BCUT2D eigenvalue weighted by atomic mass is 10.1. The monoisotopic (exact) mass is 253 g/mol. The van der Waals surface area contributed by atoms with Gasteiger partial charge in [0.2, 0.25) is 0 Å². The molecular weight excluding hydrogens is 241 g/mol. The van der Waals surface area contributed by atoms with Gasteiger partial charge in [-0.15, -0.1) is 11.8 Å². The minimum Gasteiger partial charge on any atom is -0.480 e. The molecule has 0 saturated heterocycles. The number of nitriles is 1. The molecule has 1 aromatic rings. The minimum atomic E-state index is -0.960. The maximum atomic E-state index is 13.3. The number of hydrogen-bond acceptors (Lipinski definition) is 3. The molecule has 5 heteroatoms. The number of carbonyl (C=O) groups is 1. The summed E-state index contributed by atoms with van der Waals surface area (Å²) in [5, 5.41) is 17.2. The van der Waals surface area contributed by atoms with Gasteiger partial charge in [-0.2, -0.15) is 5.26 Å². The van der Waals surface area contributed by atoms with E-state index in [0.29, 0.717) is 4.90 Å². The van der Waals surface area contributed by atoms with Crippen LogP contribution in [-0.4, -0.2) is 16.3 Å². The van der Waals surface area contributed by atoms with Crippen molar-refractivity contribution in [2.75, 3.05) is 0 Å². The Kier molecular flexibility index (Phi) is 4.53. The van der Waals surface area contributed by atoms with Crippen LogP contribution in [0.2, 0.25) is 0 Å². The Hall–Kier alpha value is -1.54. The van der Waals surface area contributed by atoms with Gasteiger partial charge in [0.25, 0.3) is 0 Å². The molecule has 3 nitrogen and oxygen atoms in total. The van der Waals surface area contributed by atoms with Crippen LogP contribution in [0.15, 0.2) is 23.1 Å². The van der Waals surface area contributed by atoms with E-state index in [-0.39, 0.29) is 11.5 Å². The van der Waals surface area contributed by atoms with Gasteiger partial charge in [-0.05, 0) is 18.1 Å². The highest BCUT2D eigenvalue weighted by atomic mass is 32.2. The minimum absolute atomic E-state index is 0.0931. The fourth-order valence-corrected chi connectivity index (χ4v) is 2.38. The van der Waals surface area contributed by atoms with Crippen molar-refractivity contribution in [3.8, 4) is 6.07 Å². The number of halogens is 1. The highest BCUT2D eigenvalue weighted by Gasteiger charge is 2.24. The quantitative estimate of drug-likeness (QED) is 0.838.